The van der Waals surface area contributed by atoms with Crippen molar-refractivity contribution in [2.45, 2.75) is 19.3 Å². The topological polar surface area (TPSA) is 159 Å². The Morgan fingerprint density at radius 1 is 0.718 bits per heavy atom. The van der Waals surface area contributed by atoms with Gasteiger partial charge in [0.15, 0.2) is 19.0 Å². The summed E-state index contributed by atoms with van der Waals surface area (Å²) in [6.07, 6.45) is 0.216. The molecule has 200 valence electrons. The van der Waals surface area contributed by atoms with E-state index in [9.17, 15) is 34.1 Å². The molecule has 0 bridgehead atoms. The first kappa shape index (κ1) is 28.4. The van der Waals surface area contributed by atoms with Crippen LogP contribution in [0.4, 0.5) is 11.4 Å². The van der Waals surface area contributed by atoms with Gasteiger partial charge in [-0.2, -0.15) is 0 Å². The van der Waals surface area contributed by atoms with Gasteiger partial charge in [-0.15, -0.1) is 0 Å². The first-order valence-corrected chi connectivity index (χ1v) is 11.8. The summed E-state index contributed by atoms with van der Waals surface area (Å²) in [4.78, 5) is 70.6. The van der Waals surface area contributed by atoms with E-state index in [4.69, 9.17) is 9.47 Å². The van der Waals surface area contributed by atoms with Gasteiger partial charge in [0.1, 0.15) is 0 Å². The quantitative estimate of drug-likeness (QED) is 0.147. The van der Waals surface area contributed by atoms with Crippen LogP contribution >= 0.6 is 0 Å². The lowest BCUT2D eigenvalue weighted by atomic mass is 10.1. The minimum Gasteiger partial charge on any atom is -0.457 e. The zero-order chi connectivity index (χ0) is 28.2. The number of nitrogens with zero attached hydrogens (tertiary/aromatic N) is 1. The number of carbonyl (C=O) groups excluding carboxylic acids is 5. The molecule has 0 aliphatic rings. The summed E-state index contributed by atoms with van der Waals surface area (Å²) in [5.74, 6) is -2.64. The number of rotatable bonds is 13. The molecule has 1 amide bonds. The molecule has 0 aliphatic carbocycles. The Balaban J connectivity index is 1.37. The second-order valence-corrected chi connectivity index (χ2v) is 8.24. The van der Waals surface area contributed by atoms with Gasteiger partial charge in [0.25, 0.3) is 5.69 Å². The molecule has 0 radical (unpaired) electrons. The maximum atomic E-state index is 12.2. The zero-order valence-electron chi connectivity index (χ0n) is 20.7. The van der Waals surface area contributed by atoms with E-state index in [2.05, 4.69) is 5.32 Å². The Morgan fingerprint density at radius 3 is 2.05 bits per heavy atom. The summed E-state index contributed by atoms with van der Waals surface area (Å²) in [6, 6.07) is 19.3. The third-order valence-electron chi connectivity index (χ3n) is 5.36. The lowest BCUT2D eigenvalue weighted by Crippen LogP contribution is -2.16. The number of Topliss-reactive ketones (excluding diaryl/α,β-unsaturated/α-hetero) is 2. The molecule has 11 nitrogen and oxygen atoms in total. The summed E-state index contributed by atoms with van der Waals surface area (Å²) in [6.45, 7) is -0.964. The summed E-state index contributed by atoms with van der Waals surface area (Å²) < 4.78 is 9.95. The zero-order valence-corrected chi connectivity index (χ0v) is 20.7. The highest BCUT2D eigenvalue weighted by Crippen LogP contribution is 2.15. The van der Waals surface area contributed by atoms with Crippen LogP contribution in [-0.2, 0) is 19.1 Å². The van der Waals surface area contributed by atoms with E-state index in [-0.39, 0.29) is 54.4 Å². The highest BCUT2D eigenvalue weighted by Gasteiger charge is 2.15. The molecule has 0 saturated heterocycles. The summed E-state index contributed by atoms with van der Waals surface area (Å²) in [5.41, 5.74) is 0.773. The normalized spacial score (nSPS) is 10.3. The molecule has 3 aromatic carbocycles. The van der Waals surface area contributed by atoms with Crippen molar-refractivity contribution in [3.8, 4) is 0 Å². The molecule has 0 unspecified atom stereocenters. The van der Waals surface area contributed by atoms with Crippen LogP contribution in [0.2, 0.25) is 0 Å². The average Bonchev–Trinajstić information content (AvgIpc) is 2.95. The molecular weight excluding hydrogens is 508 g/mol. The molecule has 39 heavy (non-hydrogen) atoms. The summed E-state index contributed by atoms with van der Waals surface area (Å²) in [7, 11) is 0. The molecule has 0 aromatic heterocycles. The van der Waals surface area contributed by atoms with Crippen LogP contribution in [0.3, 0.4) is 0 Å². The molecule has 0 spiro atoms. The molecule has 0 heterocycles. The second-order valence-electron chi connectivity index (χ2n) is 8.24. The number of benzene rings is 3. The van der Waals surface area contributed by atoms with Crippen LogP contribution in [0.5, 0.6) is 0 Å². The van der Waals surface area contributed by atoms with E-state index in [0.717, 1.165) is 6.07 Å². The minimum atomic E-state index is -0.782. The molecular formula is C28H24N2O9. The van der Waals surface area contributed by atoms with Crippen molar-refractivity contribution in [1.82, 2.24) is 0 Å². The van der Waals surface area contributed by atoms with E-state index in [1.807, 2.05) is 0 Å². The number of carbonyl (C=O) groups is 5. The Hall–Kier alpha value is -5.19. The maximum absolute atomic E-state index is 12.2. The highest BCUT2D eigenvalue weighted by atomic mass is 16.6. The molecule has 3 rings (SSSR count). The van der Waals surface area contributed by atoms with Gasteiger partial charge in [-0.25, -0.2) is 4.79 Å². The molecule has 0 aliphatic heterocycles. The molecule has 0 saturated carbocycles. The number of non-ortho nitro benzene ring substituents is 1. The van der Waals surface area contributed by atoms with Crippen molar-refractivity contribution in [2.75, 3.05) is 18.5 Å². The molecule has 0 atom stereocenters. The highest BCUT2D eigenvalue weighted by molar-refractivity contribution is 6.00. The number of ketones is 2. The van der Waals surface area contributed by atoms with E-state index in [0.29, 0.717) is 11.3 Å². The van der Waals surface area contributed by atoms with Crippen LogP contribution in [0.25, 0.3) is 0 Å². The minimum absolute atomic E-state index is 0.0324. The smallest absolute Gasteiger partial charge is 0.338 e. The van der Waals surface area contributed by atoms with Crippen LogP contribution in [0, 0.1) is 10.1 Å². The number of ether oxygens (including phenoxy) is 2. The Bertz CT molecular complexity index is 1370. The third-order valence-corrected chi connectivity index (χ3v) is 5.36. The Morgan fingerprint density at radius 2 is 1.36 bits per heavy atom. The Labute approximate surface area is 222 Å². The summed E-state index contributed by atoms with van der Waals surface area (Å²) in [5, 5.41) is 13.5. The standard InChI is InChI=1S/C28H24N2O9/c31-24(19-6-2-1-3-7-19)17-38-27(34)11-5-10-26(33)29-22-14-12-20(13-15-22)28(35)39-18-25(32)21-8-4-9-23(16-21)30(36)37/h1-4,6-9,12-16H,5,10-11,17-18H2,(H,29,33). The van der Waals surface area contributed by atoms with Crippen LogP contribution in [0.15, 0.2) is 78.9 Å². The van der Waals surface area contributed by atoms with Gasteiger partial charge < -0.3 is 14.8 Å². The van der Waals surface area contributed by atoms with E-state index in [1.165, 1.54) is 42.5 Å². The molecule has 1 N–H and O–H groups in total. The first-order chi connectivity index (χ1) is 18.7. The van der Waals surface area contributed by atoms with Gasteiger partial charge in [-0.05, 0) is 30.7 Å². The van der Waals surface area contributed by atoms with Crippen molar-refractivity contribution in [1.29, 1.82) is 0 Å². The van der Waals surface area contributed by atoms with Gasteiger partial charge in [0.05, 0.1) is 10.5 Å². The van der Waals surface area contributed by atoms with E-state index < -0.39 is 29.3 Å². The largest absolute Gasteiger partial charge is 0.457 e. The number of anilines is 1. The number of nitro groups is 1. The third kappa shape index (κ3) is 9.01. The second kappa shape index (κ2) is 13.9. The molecule has 3 aromatic rings. The number of amides is 1. The maximum Gasteiger partial charge on any atom is 0.338 e. The predicted octanol–water partition coefficient (Wildman–Crippen LogP) is 4.17. The number of hydrogen-bond donors (Lipinski definition) is 1. The SMILES string of the molecule is O=C(CCCC(=O)OCC(=O)c1ccccc1)Nc1ccc(C(=O)OCC(=O)c2cccc([N+](=O)[O-])c2)cc1. The predicted molar refractivity (Wildman–Crippen MR) is 138 cm³/mol. The van der Waals surface area contributed by atoms with Crippen molar-refractivity contribution >= 4 is 40.8 Å². The monoisotopic (exact) mass is 532 g/mol. The number of esters is 2. The van der Waals surface area contributed by atoms with Crippen LogP contribution in [0.1, 0.15) is 50.3 Å². The van der Waals surface area contributed by atoms with Crippen LogP contribution in [-0.4, -0.2) is 47.5 Å². The van der Waals surface area contributed by atoms with Crippen LogP contribution < -0.4 is 5.32 Å². The molecule has 11 heteroatoms. The van der Waals surface area contributed by atoms with Gasteiger partial charge in [-0.1, -0.05) is 42.5 Å². The average molecular weight is 533 g/mol. The van der Waals surface area contributed by atoms with Gasteiger partial charge in [0.2, 0.25) is 11.7 Å². The lowest BCUT2D eigenvalue weighted by molar-refractivity contribution is -0.384. The Kier molecular flexibility index (Phi) is 10.1. The van der Waals surface area contributed by atoms with Crippen molar-refractivity contribution < 1.29 is 38.4 Å². The van der Waals surface area contributed by atoms with E-state index in [1.54, 1.807) is 30.3 Å². The lowest BCUT2D eigenvalue weighted by Gasteiger charge is -2.08. The van der Waals surface area contributed by atoms with Crippen molar-refractivity contribution in [3.63, 3.8) is 0 Å². The number of nitrogens with one attached hydrogen (secondary N) is 1. The fourth-order valence-corrected chi connectivity index (χ4v) is 3.32. The fourth-order valence-electron chi connectivity index (χ4n) is 3.32. The molecule has 0 fully saturated rings. The van der Waals surface area contributed by atoms with Gasteiger partial charge in [0, 0.05) is 41.8 Å². The number of hydrogen-bond acceptors (Lipinski definition) is 9. The number of nitro benzene ring substituents is 1. The summed E-state index contributed by atoms with van der Waals surface area (Å²) >= 11 is 0. The first-order valence-electron chi connectivity index (χ1n) is 11.8. The van der Waals surface area contributed by atoms with Gasteiger partial charge >= 0.3 is 11.9 Å². The van der Waals surface area contributed by atoms with Crippen molar-refractivity contribution in [2.24, 2.45) is 0 Å². The van der Waals surface area contributed by atoms with Gasteiger partial charge in [-0.3, -0.25) is 29.3 Å². The fraction of sp³-hybridized carbons (Fsp3) is 0.179. The van der Waals surface area contributed by atoms with E-state index >= 15 is 0 Å². The van der Waals surface area contributed by atoms with Crippen molar-refractivity contribution in [3.05, 3.63) is 106 Å².